The van der Waals surface area contributed by atoms with Gasteiger partial charge in [0.15, 0.2) is 11.5 Å². The van der Waals surface area contributed by atoms with Crippen LogP contribution in [0.4, 0.5) is 0 Å². The van der Waals surface area contributed by atoms with Gasteiger partial charge in [-0.05, 0) is 36.1 Å². The molecular formula is C22H24N2O5. The molecule has 7 nitrogen and oxygen atoms in total. The molecule has 2 atom stereocenters. The number of rotatable bonds is 7. The van der Waals surface area contributed by atoms with Crippen LogP contribution in [0.2, 0.25) is 0 Å². The van der Waals surface area contributed by atoms with Crippen LogP contribution in [0, 0.1) is 0 Å². The van der Waals surface area contributed by atoms with Crippen LogP contribution in [0.5, 0.6) is 11.5 Å². The zero-order chi connectivity index (χ0) is 20.2. The lowest BCUT2D eigenvalue weighted by Crippen LogP contribution is -2.44. The van der Waals surface area contributed by atoms with Crippen molar-refractivity contribution in [3.63, 3.8) is 0 Å². The average Bonchev–Trinajstić information content (AvgIpc) is 3.35. The molecule has 2 heterocycles. The second kappa shape index (κ2) is 8.53. The summed E-state index contributed by atoms with van der Waals surface area (Å²) in [4.78, 5) is 26.6. The topological polar surface area (TPSA) is 88.1 Å². The molecule has 7 heteroatoms. The van der Waals surface area contributed by atoms with Gasteiger partial charge >= 0.3 is 0 Å². The largest absolute Gasteiger partial charge is 0.454 e. The van der Waals surface area contributed by atoms with Crippen molar-refractivity contribution >= 4 is 11.8 Å². The Bertz CT molecular complexity index is 886. The first-order valence-corrected chi connectivity index (χ1v) is 9.80. The molecule has 2 N–H and O–H groups in total. The van der Waals surface area contributed by atoms with E-state index < -0.39 is 12.1 Å². The third kappa shape index (κ3) is 4.35. The standard InChI is InChI=1S/C22H24N2O5/c25-18(16-4-2-1-3-5-16)10-11-23-22(27)17-7-9-21(26)24(17)13-15-6-8-19-20(12-15)29-14-28-19/h1-6,8,12,17-18,25H,7,9-11,13-14H2,(H,23,27). The Morgan fingerprint density at radius 3 is 2.79 bits per heavy atom. The molecule has 2 aromatic rings. The van der Waals surface area contributed by atoms with Gasteiger partial charge in [-0.2, -0.15) is 0 Å². The number of amides is 2. The summed E-state index contributed by atoms with van der Waals surface area (Å²) in [7, 11) is 0. The van der Waals surface area contributed by atoms with Crippen molar-refractivity contribution in [3.05, 3.63) is 59.7 Å². The van der Waals surface area contributed by atoms with Crippen LogP contribution < -0.4 is 14.8 Å². The predicted molar refractivity (Wildman–Crippen MR) is 105 cm³/mol. The Morgan fingerprint density at radius 1 is 1.17 bits per heavy atom. The van der Waals surface area contributed by atoms with Crippen molar-refractivity contribution in [2.75, 3.05) is 13.3 Å². The van der Waals surface area contributed by atoms with Gasteiger partial charge in [-0.15, -0.1) is 0 Å². The smallest absolute Gasteiger partial charge is 0.242 e. The van der Waals surface area contributed by atoms with E-state index in [2.05, 4.69) is 5.32 Å². The van der Waals surface area contributed by atoms with Gasteiger partial charge < -0.3 is 24.8 Å². The van der Waals surface area contributed by atoms with Crippen LogP contribution in [0.15, 0.2) is 48.5 Å². The van der Waals surface area contributed by atoms with Crippen molar-refractivity contribution in [1.82, 2.24) is 10.2 Å². The van der Waals surface area contributed by atoms with E-state index in [0.29, 0.717) is 43.9 Å². The number of aliphatic hydroxyl groups is 1. The van der Waals surface area contributed by atoms with Crippen molar-refractivity contribution in [2.45, 2.75) is 38.0 Å². The fourth-order valence-corrected chi connectivity index (χ4v) is 3.73. The fourth-order valence-electron chi connectivity index (χ4n) is 3.73. The first-order valence-electron chi connectivity index (χ1n) is 9.80. The van der Waals surface area contributed by atoms with E-state index in [1.165, 1.54) is 0 Å². The van der Waals surface area contributed by atoms with Crippen molar-refractivity contribution in [1.29, 1.82) is 0 Å². The molecule has 2 aliphatic heterocycles. The Morgan fingerprint density at radius 2 is 1.97 bits per heavy atom. The number of carbonyl (C=O) groups excluding carboxylic acids is 2. The molecule has 0 saturated carbocycles. The highest BCUT2D eigenvalue weighted by atomic mass is 16.7. The number of likely N-dealkylation sites (tertiary alicyclic amines) is 1. The summed E-state index contributed by atoms with van der Waals surface area (Å²) in [5, 5.41) is 13.1. The molecule has 0 radical (unpaired) electrons. The van der Waals surface area contributed by atoms with Gasteiger partial charge in [0.2, 0.25) is 18.6 Å². The molecule has 2 aromatic carbocycles. The number of aliphatic hydroxyl groups excluding tert-OH is 1. The lowest BCUT2D eigenvalue weighted by atomic mass is 10.1. The molecule has 4 rings (SSSR count). The van der Waals surface area contributed by atoms with Crippen LogP contribution in [-0.2, 0) is 16.1 Å². The van der Waals surface area contributed by atoms with E-state index in [0.717, 1.165) is 11.1 Å². The minimum absolute atomic E-state index is 0.0351. The Balaban J connectivity index is 1.33. The van der Waals surface area contributed by atoms with Gasteiger partial charge in [-0.1, -0.05) is 36.4 Å². The van der Waals surface area contributed by atoms with E-state index in [9.17, 15) is 14.7 Å². The van der Waals surface area contributed by atoms with Crippen LogP contribution in [-0.4, -0.2) is 41.2 Å². The number of hydrogen-bond acceptors (Lipinski definition) is 5. The predicted octanol–water partition coefficient (Wildman–Crippen LogP) is 2.15. The quantitative estimate of drug-likeness (QED) is 0.749. The first-order chi connectivity index (χ1) is 14.1. The van der Waals surface area contributed by atoms with Gasteiger partial charge in [0.1, 0.15) is 6.04 Å². The van der Waals surface area contributed by atoms with E-state index >= 15 is 0 Å². The zero-order valence-corrected chi connectivity index (χ0v) is 16.0. The number of carbonyl (C=O) groups is 2. The molecule has 0 spiro atoms. The molecule has 0 aliphatic carbocycles. The molecule has 1 fully saturated rings. The Hall–Kier alpha value is -3.06. The SMILES string of the molecule is O=C(NCCC(O)c1ccccc1)C1CCC(=O)N1Cc1ccc2c(c1)OCO2. The average molecular weight is 396 g/mol. The second-order valence-electron chi connectivity index (χ2n) is 7.27. The second-order valence-corrected chi connectivity index (χ2v) is 7.27. The van der Waals surface area contributed by atoms with Crippen molar-refractivity contribution < 1.29 is 24.2 Å². The highest BCUT2D eigenvalue weighted by molar-refractivity contribution is 5.90. The maximum Gasteiger partial charge on any atom is 0.242 e. The molecule has 2 amide bonds. The summed E-state index contributed by atoms with van der Waals surface area (Å²) in [6, 6.07) is 14.4. The van der Waals surface area contributed by atoms with Gasteiger partial charge in [0, 0.05) is 19.5 Å². The third-order valence-electron chi connectivity index (χ3n) is 5.32. The summed E-state index contributed by atoms with van der Waals surface area (Å²) < 4.78 is 10.7. The molecule has 1 saturated heterocycles. The minimum atomic E-state index is -0.633. The van der Waals surface area contributed by atoms with Gasteiger partial charge in [0.05, 0.1) is 6.10 Å². The summed E-state index contributed by atoms with van der Waals surface area (Å²) in [6.07, 6.45) is 0.635. The summed E-state index contributed by atoms with van der Waals surface area (Å²) in [5.74, 6) is 1.13. The third-order valence-corrected chi connectivity index (χ3v) is 5.32. The first kappa shape index (κ1) is 19.3. The molecule has 2 aliphatic rings. The lowest BCUT2D eigenvalue weighted by molar-refractivity contribution is -0.135. The maximum atomic E-state index is 12.7. The number of nitrogens with zero attached hydrogens (tertiary/aromatic N) is 1. The highest BCUT2D eigenvalue weighted by Crippen LogP contribution is 2.33. The van der Waals surface area contributed by atoms with E-state index in [-0.39, 0.29) is 18.6 Å². The number of ether oxygens (including phenoxy) is 2. The molecule has 29 heavy (non-hydrogen) atoms. The van der Waals surface area contributed by atoms with Crippen LogP contribution in [0.25, 0.3) is 0 Å². The Kier molecular flexibility index (Phi) is 5.67. The van der Waals surface area contributed by atoms with E-state index in [4.69, 9.17) is 9.47 Å². The number of benzene rings is 2. The maximum absolute atomic E-state index is 12.7. The van der Waals surface area contributed by atoms with Crippen LogP contribution in [0.1, 0.15) is 36.5 Å². The summed E-state index contributed by atoms with van der Waals surface area (Å²) in [5.41, 5.74) is 1.71. The minimum Gasteiger partial charge on any atom is -0.454 e. The summed E-state index contributed by atoms with van der Waals surface area (Å²) >= 11 is 0. The summed E-state index contributed by atoms with van der Waals surface area (Å²) in [6.45, 7) is 0.888. The zero-order valence-electron chi connectivity index (χ0n) is 16.0. The molecule has 2 unspecified atom stereocenters. The highest BCUT2D eigenvalue weighted by Gasteiger charge is 2.36. The van der Waals surface area contributed by atoms with E-state index in [1.807, 2.05) is 48.5 Å². The van der Waals surface area contributed by atoms with Gasteiger partial charge in [-0.25, -0.2) is 0 Å². The number of hydrogen-bond donors (Lipinski definition) is 2. The Labute approximate surface area is 169 Å². The fraction of sp³-hybridized carbons (Fsp3) is 0.364. The molecule has 152 valence electrons. The van der Waals surface area contributed by atoms with Gasteiger partial charge in [0.25, 0.3) is 0 Å². The van der Waals surface area contributed by atoms with Crippen LogP contribution >= 0.6 is 0 Å². The monoisotopic (exact) mass is 396 g/mol. The van der Waals surface area contributed by atoms with Crippen LogP contribution in [0.3, 0.4) is 0 Å². The molecule has 0 bridgehead atoms. The molecule has 0 aromatic heterocycles. The van der Waals surface area contributed by atoms with Crippen molar-refractivity contribution in [3.8, 4) is 11.5 Å². The lowest BCUT2D eigenvalue weighted by Gasteiger charge is -2.24. The normalized spacial score (nSPS) is 18.7. The number of nitrogens with one attached hydrogen (secondary N) is 1. The van der Waals surface area contributed by atoms with Crippen molar-refractivity contribution in [2.24, 2.45) is 0 Å². The van der Waals surface area contributed by atoms with E-state index in [1.54, 1.807) is 4.90 Å². The van der Waals surface area contributed by atoms with Gasteiger partial charge in [-0.3, -0.25) is 9.59 Å². The number of fused-ring (bicyclic) bond motifs is 1. The molecular weight excluding hydrogens is 372 g/mol.